The number of nitrogens with one attached hydrogen (secondary N) is 1. The van der Waals surface area contributed by atoms with Crippen LogP contribution in [0, 0.1) is 6.92 Å². The van der Waals surface area contributed by atoms with Gasteiger partial charge < -0.3 is 10.2 Å². The molecule has 0 bridgehead atoms. The summed E-state index contributed by atoms with van der Waals surface area (Å²) in [4.78, 5) is 31.4. The van der Waals surface area contributed by atoms with Crippen molar-refractivity contribution in [1.29, 1.82) is 0 Å². The minimum absolute atomic E-state index is 0.0751. The Hall–Kier alpha value is -1.93. The maximum absolute atomic E-state index is 13.1. The lowest BCUT2D eigenvalue weighted by molar-refractivity contribution is -0.128. The summed E-state index contributed by atoms with van der Waals surface area (Å²) in [5.41, 5.74) is 1.04. The van der Waals surface area contributed by atoms with E-state index in [4.69, 9.17) is 5.10 Å². The molecule has 3 heterocycles. The van der Waals surface area contributed by atoms with E-state index in [1.54, 1.807) is 18.3 Å². The van der Waals surface area contributed by atoms with Crippen LogP contribution in [-0.2, 0) is 4.79 Å². The maximum Gasteiger partial charge on any atom is 0.261 e. The number of aromatic nitrogens is 2. The van der Waals surface area contributed by atoms with Gasteiger partial charge in [0.05, 0.1) is 16.6 Å². The predicted octanol–water partition coefficient (Wildman–Crippen LogP) is 4.51. The summed E-state index contributed by atoms with van der Waals surface area (Å²) >= 11 is 1.61. The number of carbonyl (C=O) groups is 2. The van der Waals surface area contributed by atoms with Gasteiger partial charge >= 0.3 is 0 Å². The van der Waals surface area contributed by atoms with Gasteiger partial charge in [-0.15, -0.1) is 11.3 Å². The van der Waals surface area contributed by atoms with Crippen LogP contribution in [-0.4, -0.2) is 69.7 Å². The van der Waals surface area contributed by atoms with Gasteiger partial charge in [-0.05, 0) is 57.9 Å². The Bertz CT molecular complexity index is 1020. The van der Waals surface area contributed by atoms with Crippen LogP contribution >= 0.6 is 11.3 Å². The number of nitrogens with zero attached hydrogens (tertiary/aromatic N) is 4. The Morgan fingerprint density at radius 3 is 2.44 bits per heavy atom. The van der Waals surface area contributed by atoms with E-state index in [1.807, 2.05) is 4.90 Å². The van der Waals surface area contributed by atoms with Crippen molar-refractivity contribution in [3.05, 3.63) is 16.6 Å². The first-order chi connectivity index (χ1) is 16.5. The lowest BCUT2D eigenvalue weighted by Crippen LogP contribution is -2.45. The van der Waals surface area contributed by atoms with Crippen LogP contribution in [0.5, 0.6) is 0 Å². The summed E-state index contributed by atoms with van der Waals surface area (Å²) in [6.07, 6.45) is 11.6. The Morgan fingerprint density at radius 1 is 0.941 bits per heavy atom. The Morgan fingerprint density at radius 2 is 1.71 bits per heavy atom. The molecule has 2 aromatic rings. The minimum atomic E-state index is 0.0751. The zero-order valence-corrected chi connectivity index (χ0v) is 21.5. The van der Waals surface area contributed by atoms with Crippen molar-refractivity contribution in [2.45, 2.75) is 96.2 Å². The van der Waals surface area contributed by atoms with E-state index in [-0.39, 0.29) is 17.9 Å². The molecule has 2 saturated carbocycles. The third-order valence-corrected chi connectivity index (χ3v) is 9.36. The van der Waals surface area contributed by atoms with E-state index in [1.165, 1.54) is 36.9 Å². The normalized spacial score (nSPS) is 25.4. The first kappa shape index (κ1) is 23.8. The lowest BCUT2D eigenvalue weighted by atomic mass is 9.90. The molecule has 3 fully saturated rings. The highest BCUT2D eigenvalue weighted by Gasteiger charge is 2.29. The third-order valence-electron chi connectivity index (χ3n) is 8.24. The van der Waals surface area contributed by atoms with Crippen molar-refractivity contribution in [2.75, 3.05) is 26.2 Å². The molecule has 1 saturated heterocycles. The molecular formula is C26H39N5O2S. The molecule has 7 nitrogen and oxygen atoms in total. The van der Waals surface area contributed by atoms with Gasteiger partial charge in [0.1, 0.15) is 4.83 Å². The fraction of sp³-hybridized carbons (Fsp3) is 0.731. The van der Waals surface area contributed by atoms with Crippen LogP contribution in [0.1, 0.15) is 92.5 Å². The van der Waals surface area contributed by atoms with Crippen LogP contribution in [0.3, 0.4) is 0 Å². The molecule has 34 heavy (non-hydrogen) atoms. The van der Waals surface area contributed by atoms with Crippen LogP contribution in [0.4, 0.5) is 0 Å². The van der Waals surface area contributed by atoms with Crippen LogP contribution < -0.4 is 5.32 Å². The Balaban J connectivity index is 1.17. The standard InChI is InChI=1S/C26H39N5O2S/c1-18-23-17-24(34-26(23)31(28-18)22-7-4-3-5-8-22)25(33)27-20-9-11-21(12-10-20)30-14-6-13-29(15-16-30)19(2)32/h17,20-22H,3-16H2,1-2H3,(H,27,33)/t20-,21-. The highest BCUT2D eigenvalue weighted by Crippen LogP contribution is 2.35. The molecule has 1 N–H and O–H groups in total. The van der Waals surface area contributed by atoms with Gasteiger partial charge in [-0.1, -0.05) is 19.3 Å². The van der Waals surface area contributed by atoms with Crippen molar-refractivity contribution in [2.24, 2.45) is 0 Å². The molecule has 0 atom stereocenters. The quantitative estimate of drug-likeness (QED) is 0.692. The summed E-state index contributed by atoms with van der Waals surface area (Å²) in [5, 5.41) is 9.31. The molecule has 3 aliphatic rings. The summed E-state index contributed by atoms with van der Waals surface area (Å²) < 4.78 is 2.21. The fourth-order valence-corrected chi connectivity index (χ4v) is 7.35. The zero-order valence-electron chi connectivity index (χ0n) is 20.7. The number of amides is 2. The summed E-state index contributed by atoms with van der Waals surface area (Å²) in [6, 6.07) is 3.37. The first-order valence-electron chi connectivity index (χ1n) is 13.3. The van der Waals surface area contributed by atoms with Crippen LogP contribution in [0.15, 0.2) is 6.07 Å². The average Bonchev–Trinajstić information content (AvgIpc) is 3.31. The first-order valence-corrected chi connectivity index (χ1v) is 14.1. The smallest absolute Gasteiger partial charge is 0.261 e. The van der Waals surface area contributed by atoms with E-state index in [9.17, 15) is 9.59 Å². The monoisotopic (exact) mass is 485 g/mol. The summed E-state index contributed by atoms with van der Waals surface area (Å²) in [5.74, 6) is 0.266. The molecule has 2 aliphatic carbocycles. The average molecular weight is 486 g/mol. The predicted molar refractivity (Wildman–Crippen MR) is 136 cm³/mol. The highest BCUT2D eigenvalue weighted by molar-refractivity contribution is 7.20. The van der Waals surface area contributed by atoms with Gasteiger partial charge in [0.25, 0.3) is 5.91 Å². The zero-order chi connectivity index (χ0) is 23.7. The van der Waals surface area contributed by atoms with Crippen molar-refractivity contribution in [1.82, 2.24) is 24.9 Å². The van der Waals surface area contributed by atoms with Gasteiger partial charge in [0.2, 0.25) is 5.91 Å². The van der Waals surface area contributed by atoms with Crippen molar-refractivity contribution in [3.8, 4) is 0 Å². The van der Waals surface area contributed by atoms with Crippen LogP contribution in [0.25, 0.3) is 10.2 Å². The van der Waals surface area contributed by atoms with E-state index < -0.39 is 0 Å². The number of carbonyl (C=O) groups excluding carboxylic acids is 2. The second kappa shape index (κ2) is 10.4. The molecule has 8 heteroatoms. The fourth-order valence-electron chi connectivity index (χ4n) is 6.22. The van der Waals surface area contributed by atoms with Crippen LogP contribution in [0.2, 0.25) is 0 Å². The second-order valence-electron chi connectivity index (χ2n) is 10.5. The number of thiophene rings is 1. The molecule has 0 radical (unpaired) electrons. The van der Waals surface area contributed by atoms with Gasteiger partial charge in [0, 0.05) is 50.6 Å². The summed E-state index contributed by atoms with van der Waals surface area (Å²) in [7, 11) is 0. The van der Waals surface area contributed by atoms with Crippen molar-refractivity contribution in [3.63, 3.8) is 0 Å². The Kier molecular flexibility index (Phi) is 7.25. The minimum Gasteiger partial charge on any atom is -0.349 e. The molecular weight excluding hydrogens is 446 g/mol. The molecule has 5 rings (SSSR count). The molecule has 1 aliphatic heterocycles. The number of hydrogen-bond donors (Lipinski definition) is 1. The van der Waals surface area contributed by atoms with Crippen molar-refractivity contribution >= 4 is 33.4 Å². The van der Waals surface area contributed by atoms with Gasteiger partial charge in [-0.25, -0.2) is 0 Å². The Labute approximate surface area is 206 Å². The number of hydrogen-bond acceptors (Lipinski definition) is 5. The molecule has 2 aromatic heterocycles. The largest absolute Gasteiger partial charge is 0.349 e. The van der Waals surface area contributed by atoms with Crippen molar-refractivity contribution < 1.29 is 9.59 Å². The van der Waals surface area contributed by atoms with Gasteiger partial charge in [-0.3, -0.25) is 19.2 Å². The molecule has 2 amide bonds. The third kappa shape index (κ3) is 5.03. The topological polar surface area (TPSA) is 70.5 Å². The molecule has 0 aromatic carbocycles. The lowest BCUT2D eigenvalue weighted by Gasteiger charge is -2.36. The van der Waals surface area contributed by atoms with E-state index in [0.29, 0.717) is 12.1 Å². The number of aryl methyl sites for hydroxylation is 1. The number of fused-ring (bicyclic) bond motifs is 1. The van der Waals surface area contributed by atoms with E-state index in [2.05, 4.69) is 27.9 Å². The van der Waals surface area contributed by atoms with Gasteiger partial charge in [0.15, 0.2) is 0 Å². The van der Waals surface area contributed by atoms with Gasteiger partial charge in [-0.2, -0.15) is 5.10 Å². The second-order valence-corrected chi connectivity index (χ2v) is 11.6. The molecule has 0 unspecified atom stereocenters. The maximum atomic E-state index is 13.1. The van der Waals surface area contributed by atoms with E-state index >= 15 is 0 Å². The highest BCUT2D eigenvalue weighted by atomic mass is 32.1. The molecule has 186 valence electrons. The SMILES string of the molecule is CC(=O)N1CCCN([C@H]2CC[C@H](NC(=O)c3cc4c(C)nn(C5CCCCC5)c4s3)CC2)CC1. The molecule has 0 spiro atoms. The van der Waals surface area contributed by atoms with E-state index in [0.717, 1.165) is 74.2 Å². The summed E-state index contributed by atoms with van der Waals surface area (Å²) in [6.45, 7) is 7.51. The number of rotatable bonds is 4.